The van der Waals surface area contributed by atoms with Crippen LogP contribution in [0.4, 0.5) is 11.4 Å². The number of carbonyl (C=O) groups is 1. The van der Waals surface area contributed by atoms with Crippen LogP contribution in [0.3, 0.4) is 0 Å². The quantitative estimate of drug-likeness (QED) is 0.391. The monoisotopic (exact) mass is 490 g/mol. The minimum Gasteiger partial charge on any atom is -0.493 e. The van der Waals surface area contributed by atoms with Gasteiger partial charge >= 0.3 is 5.97 Å². The largest absolute Gasteiger partial charge is 0.493 e. The first kappa shape index (κ1) is 25.4. The van der Waals surface area contributed by atoms with Gasteiger partial charge in [-0.1, -0.05) is 35.9 Å². The number of aryl methyl sites for hydroxylation is 1. The molecule has 7 nitrogen and oxygen atoms in total. The standard InChI is InChI=1S/C29H34N2O5/c1-4-35-29(32)25-18-24(9-10-26(25)31-12-14-34-15-13-31)30-19-22-8-11-27(28(17-22)33-3)36-20-23-7-5-6-21(2)16-23/h5-11,16-18,30H,4,12-15,19-20H2,1-3H3. The van der Waals surface area contributed by atoms with Crippen molar-refractivity contribution in [2.45, 2.75) is 27.0 Å². The van der Waals surface area contributed by atoms with Crippen LogP contribution in [0.5, 0.6) is 11.5 Å². The Labute approximate surface area is 212 Å². The number of hydrogen-bond acceptors (Lipinski definition) is 7. The Hall–Kier alpha value is -3.71. The first-order valence-electron chi connectivity index (χ1n) is 12.3. The summed E-state index contributed by atoms with van der Waals surface area (Å²) >= 11 is 0. The molecule has 0 spiro atoms. The second kappa shape index (κ2) is 12.3. The van der Waals surface area contributed by atoms with Crippen molar-refractivity contribution in [2.75, 3.05) is 50.2 Å². The van der Waals surface area contributed by atoms with Gasteiger partial charge < -0.3 is 29.2 Å². The number of morpholine rings is 1. The fourth-order valence-electron chi connectivity index (χ4n) is 4.21. The maximum absolute atomic E-state index is 12.7. The summed E-state index contributed by atoms with van der Waals surface area (Å²) in [5.74, 6) is 1.05. The molecule has 36 heavy (non-hydrogen) atoms. The second-order valence-electron chi connectivity index (χ2n) is 8.67. The third-order valence-corrected chi connectivity index (χ3v) is 6.05. The van der Waals surface area contributed by atoms with Crippen molar-refractivity contribution >= 4 is 17.3 Å². The van der Waals surface area contributed by atoms with Gasteiger partial charge in [0.2, 0.25) is 0 Å². The molecule has 0 amide bonds. The number of esters is 1. The Kier molecular flexibility index (Phi) is 8.68. The van der Waals surface area contributed by atoms with Crippen LogP contribution in [-0.2, 0) is 22.6 Å². The Bertz CT molecular complexity index is 1170. The number of nitrogens with one attached hydrogen (secondary N) is 1. The summed E-state index contributed by atoms with van der Waals surface area (Å²) in [6.07, 6.45) is 0. The summed E-state index contributed by atoms with van der Waals surface area (Å²) in [5, 5.41) is 3.42. The molecule has 3 aromatic rings. The Morgan fingerprint density at radius 3 is 2.58 bits per heavy atom. The Balaban J connectivity index is 1.44. The number of benzene rings is 3. The molecule has 1 saturated heterocycles. The summed E-state index contributed by atoms with van der Waals surface area (Å²) in [5.41, 5.74) is 5.62. The lowest BCUT2D eigenvalue weighted by atomic mass is 10.1. The van der Waals surface area contributed by atoms with Crippen molar-refractivity contribution in [1.82, 2.24) is 0 Å². The van der Waals surface area contributed by atoms with Gasteiger partial charge in [-0.05, 0) is 55.3 Å². The van der Waals surface area contributed by atoms with Crippen LogP contribution in [0.2, 0.25) is 0 Å². The zero-order chi connectivity index (χ0) is 25.3. The van der Waals surface area contributed by atoms with E-state index in [1.807, 2.05) is 55.5 Å². The van der Waals surface area contributed by atoms with Gasteiger partial charge in [0.25, 0.3) is 0 Å². The van der Waals surface area contributed by atoms with E-state index < -0.39 is 0 Å². The van der Waals surface area contributed by atoms with Crippen molar-refractivity contribution in [3.8, 4) is 11.5 Å². The lowest BCUT2D eigenvalue weighted by molar-refractivity contribution is 0.0526. The lowest BCUT2D eigenvalue weighted by Crippen LogP contribution is -2.37. The molecule has 190 valence electrons. The van der Waals surface area contributed by atoms with Crippen LogP contribution in [0.15, 0.2) is 60.7 Å². The van der Waals surface area contributed by atoms with Gasteiger partial charge in [0.1, 0.15) is 6.61 Å². The van der Waals surface area contributed by atoms with Crippen molar-refractivity contribution < 1.29 is 23.7 Å². The Morgan fingerprint density at radius 2 is 1.83 bits per heavy atom. The van der Waals surface area contributed by atoms with Crippen LogP contribution in [-0.4, -0.2) is 46.0 Å². The molecule has 1 heterocycles. The van der Waals surface area contributed by atoms with E-state index >= 15 is 0 Å². The highest BCUT2D eigenvalue weighted by molar-refractivity contribution is 5.97. The molecule has 0 unspecified atom stereocenters. The number of ether oxygens (including phenoxy) is 4. The number of rotatable bonds is 10. The fourth-order valence-corrected chi connectivity index (χ4v) is 4.21. The molecule has 0 radical (unpaired) electrons. The van der Waals surface area contributed by atoms with E-state index in [-0.39, 0.29) is 5.97 Å². The summed E-state index contributed by atoms with van der Waals surface area (Å²) in [4.78, 5) is 14.9. The second-order valence-corrected chi connectivity index (χ2v) is 8.67. The molecule has 1 N–H and O–H groups in total. The molecule has 7 heteroatoms. The SMILES string of the molecule is CCOC(=O)c1cc(NCc2ccc(OCc3cccc(C)c3)c(OC)c2)ccc1N1CCOCC1. The van der Waals surface area contributed by atoms with Crippen LogP contribution < -0.4 is 19.7 Å². The number of methoxy groups -OCH3 is 1. The molecule has 1 fully saturated rings. The van der Waals surface area contributed by atoms with E-state index in [1.54, 1.807) is 7.11 Å². The van der Waals surface area contributed by atoms with Crippen molar-refractivity contribution in [3.63, 3.8) is 0 Å². The first-order chi connectivity index (χ1) is 17.6. The molecule has 1 aliphatic rings. The van der Waals surface area contributed by atoms with E-state index in [9.17, 15) is 4.79 Å². The van der Waals surface area contributed by atoms with Crippen molar-refractivity contribution in [3.05, 3.63) is 82.9 Å². The molecular weight excluding hydrogens is 456 g/mol. The van der Waals surface area contributed by atoms with Gasteiger partial charge in [-0.15, -0.1) is 0 Å². The van der Waals surface area contributed by atoms with E-state index in [2.05, 4.69) is 29.3 Å². The maximum Gasteiger partial charge on any atom is 0.340 e. The highest BCUT2D eigenvalue weighted by Crippen LogP contribution is 2.30. The molecule has 0 aliphatic carbocycles. The molecule has 0 saturated carbocycles. The summed E-state index contributed by atoms with van der Waals surface area (Å²) in [6.45, 7) is 8.04. The van der Waals surface area contributed by atoms with E-state index in [4.69, 9.17) is 18.9 Å². The van der Waals surface area contributed by atoms with Crippen LogP contribution in [0, 0.1) is 6.92 Å². The number of hydrogen-bond donors (Lipinski definition) is 1. The molecule has 1 aliphatic heterocycles. The topological polar surface area (TPSA) is 69.3 Å². The average Bonchev–Trinajstić information content (AvgIpc) is 2.91. The summed E-state index contributed by atoms with van der Waals surface area (Å²) in [7, 11) is 1.64. The van der Waals surface area contributed by atoms with Crippen molar-refractivity contribution in [1.29, 1.82) is 0 Å². The van der Waals surface area contributed by atoms with Gasteiger partial charge in [0.15, 0.2) is 11.5 Å². The van der Waals surface area contributed by atoms with Crippen LogP contribution >= 0.6 is 0 Å². The predicted octanol–water partition coefficient (Wildman–Crippen LogP) is 5.21. The van der Waals surface area contributed by atoms with Gasteiger partial charge in [-0.25, -0.2) is 4.79 Å². The average molecular weight is 491 g/mol. The predicted molar refractivity (Wildman–Crippen MR) is 141 cm³/mol. The first-order valence-corrected chi connectivity index (χ1v) is 12.3. The zero-order valence-corrected chi connectivity index (χ0v) is 21.2. The van der Waals surface area contributed by atoms with E-state index in [0.717, 1.165) is 35.6 Å². The molecular formula is C29H34N2O5. The van der Waals surface area contributed by atoms with Crippen LogP contribution in [0.25, 0.3) is 0 Å². The lowest BCUT2D eigenvalue weighted by Gasteiger charge is -2.30. The van der Waals surface area contributed by atoms with Crippen molar-refractivity contribution in [2.24, 2.45) is 0 Å². The molecule has 0 bridgehead atoms. The maximum atomic E-state index is 12.7. The molecule has 4 rings (SSSR count). The van der Waals surface area contributed by atoms with Gasteiger partial charge in [-0.3, -0.25) is 0 Å². The number of anilines is 2. The normalized spacial score (nSPS) is 13.2. The molecule has 0 atom stereocenters. The highest BCUT2D eigenvalue weighted by atomic mass is 16.5. The molecule has 3 aromatic carbocycles. The minimum absolute atomic E-state index is 0.320. The summed E-state index contributed by atoms with van der Waals surface area (Å²) in [6, 6.07) is 20.0. The van der Waals surface area contributed by atoms with Crippen LogP contribution in [0.1, 0.15) is 34.0 Å². The van der Waals surface area contributed by atoms with Gasteiger partial charge in [-0.2, -0.15) is 0 Å². The number of carbonyl (C=O) groups excluding carboxylic acids is 1. The van der Waals surface area contributed by atoms with E-state index in [0.29, 0.717) is 50.0 Å². The molecule has 0 aromatic heterocycles. The third kappa shape index (κ3) is 6.49. The smallest absolute Gasteiger partial charge is 0.340 e. The van der Waals surface area contributed by atoms with Gasteiger partial charge in [0.05, 0.1) is 38.2 Å². The Morgan fingerprint density at radius 1 is 1.00 bits per heavy atom. The van der Waals surface area contributed by atoms with Gasteiger partial charge in [0, 0.05) is 25.3 Å². The fraction of sp³-hybridized carbons (Fsp3) is 0.345. The van der Waals surface area contributed by atoms with E-state index in [1.165, 1.54) is 5.56 Å². The minimum atomic E-state index is -0.320. The zero-order valence-electron chi connectivity index (χ0n) is 21.2. The highest BCUT2D eigenvalue weighted by Gasteiger charge is 2.20. The summed E-state index contributed by atoms with van der Waals surface area (Å²) < 4.78 is 22.4. The number of nitrogens with zero attached hydrogens (tertiary/aromatic N) is 1. The third-order valence-electron chi connectivity index (χ3n) is 6.05.